The first-order valence-electron chi connectivity index (χ1n) is 8.11. The molecule has 3 rings (SSSR count). The molecule has 1 aromatic rings. The van der Waals surface area contributed by atoms with Gasteiger partial charge in [0.1, 0.15) is 0 Å². The molecule has 1 saturated heterocycles. The van der Waals surface area contributed by atoms with E-state index >= 15 is 0 Å². The third-order valence-corrected chi connectivity index (χ3v) is 5.75. The summed E-state index contributed by atoms with van der Waals surface area (Å²) in [5.74, 6) is 0. The zero-order valence-corrected chi connectivity index (χ0v) is 14.5. The molecule has 116 valence electrons. The highest BCUT2D eigenvalue weighted by Crippen LogP contribution is 2.38. The van der Waals surface area contributed by atoms with Crippen molar-refractivity contribution in [2.75, 3.05) is 38.1 Å². The topological polar surface area (TPSA) is 32.5 Å². The minimum atomic E-state index is -0.110. The quantitative estimate of drug-likeness (QED) is 0.886. The lowest BCUT2D eigenvalue weighted by atomic mass is 9.77. The lowest BCUT2D eigenvalue weighted by Gasteiger charge is -2.36. The second-order valence-electron chi connectivity index (χ2n) is 6.67. The second-order valence-corrected chi connectivity index (χ2v) is 7.53. The molecule has 1 heterocycles. The van der Waals surface area contributed by atoms with Crippen LogP contribution in [0.2, 0.25) is 0 Å². The molecule has 0 bridgehead atoms. The molecule has 1 aliphatic heterocycles. The first-order chi connectivity index (χ1) is 10.1. The van der Waals surface area contributed by atoms with Crippen molar-refractivity contribution in [3.63, 3.8) is 0 Å². The number of rotatable bonds is 2. The van der Waals surface area contributed by atoms with Gasteiger partial charge in [-0.05, 0) is 53.5 Å². The average Bonchev–Trinajstić information content (AvgIpc) is 2.49. The number of hydrogen-bond donors (Lipinski definition) is 1. The number of nitrogens with zero attached hydrogens (tertiary/aromatic N) is 2. The fourth-order valence-electron chi connectivity index (χ4n) is 3.59. The smallest absolute Gasteiger partial charge is 0.0511 e. The van der Waals surface area contributed by atoms with Crippen molar-refractivity contribution in [1.82, 2.24) is 4.90 Å². The number of piperazine rings is 1. The number of likely N-dealkylation sites (N-methyl/N-ethyl adjacent to an activating group) is 1. The number of nitrogens with two attached hydrogens (primary N) is 1. The van der Waals surface area contributed by atoms with Crippen LogP contribution in [0.4, 0.5) is 5.69 Å². The maximum atomic E-state index is 6.65. The van der Waals surface area contributed by atoms with Gasteiger partial charge in [-0.25, -0.2) is 0 Å². The third-order valence-electron chi connectivity index (χ3n) is 5.11. The lowest BCUT2D eigenvalue weighted by Crippen LogP contribution is -2.44. The maximum Gasteiger partial charge on any atom is 0.0511 e. The van der Waals surface area contributed by atoms with E-state index < -0.39 is 0 Å². The number of hydrogen-bond acceptors (Lipinski definition) is 3. The van der Waals surface area contributed by atoms with Crippen LogP contribution in [0.25, 0.3) is 0 Å². The minimum Gasteiger partial charge on any atom is -0.368 e. The molecule has 2 N–H and O–H groups in total. The lowest BCUT2D eigenvalue weighted by molar-refractivity contribution is 0.302. The Kier molecular flexibility index (Phi) is 4.57. The van der Waals surface area contributed by atoms with Gasteiger partial charge in [0.05, 0.1) is 5.69 Å². The molecule has 0 amide bonds. The standard InChI is InChI=1S/C17H26BrN3/c1-20-9-11-21(12-10-20)16-6-5-14(13-15(16)18)17(19)7-3-2-4-8-17/h5-6,13H,2-4,7-12,19H2,1H3. The van der Waals surface area contributed by atoms with Crippen molar-refractivity contribution in [3.05, 3.63) is 28.2 Å². The van der Waals surface area contributed by atoms with Crippen LogP contribution in [-0.2, 0) is 5.54 Å². The van der Waals surface area contributed by atoms with Crippen LogP contribution >= 0.6 is 15.9 Å². The Hall–Kier alpha value is -0.580. The fourth-order valence-corrected chi connectivity index (χ4v) is 4.22. The van der Waals surface area contributed by atoms with E-state index in [9.17, 15) is 0 Å². The molecule has 1 aliphatic carbocycles. The van der Waals surface area contributed by atoms with E-state index in [-0.39, 0.29) is 5.54 Å². The predicted octanol–water partition coefficient (Wildman–Crippen LogP) is 3.32. The first kappa shape index (κ1) is 15.3. The molecule has 4 heteroatoms. The van der Waals surface area contributed by atoms with Crippen molar-refractivity contribution in [2.24, 2.45) is 5.73 Å². The van der Waals surface area contributed by atoms with Crippen LogP contribution in [0.1, 0.15) is 37.7 Å². The zero-order chi connectivity index (χ0) is 14.9. The van der Waals surface area contributed by atoms with E-state index in [1.807, 2.05) is 0 Å². The Morgan fingerprint density at radius 1 is 1.05 bits per heavy atom. The van der Waals surface area contributed by atoms with E-state index in [0.717, 1.165) is 39.0 Å². The van der Waals surface area contributed by atoms with Crippen LogP contribution in [0, 0.1) is 0 Å². The molecular formula is C17H26BrN3. The van der Waals surface area contributed by atoms with E-state index in [2.05, 4.69) is 51.0 Å². The van der Waals surface area contributed by atoms with E-state index in [0.29, 0.717) is 0 Å². The highest BCUT2D eigenvalue weighted by Gasteiger charge is 2.30. The van der Waals surface area contributed by atoms with Gasteiger partial charge in [0.15, 0.2) is 0 Å². The minimum absolute atomic E-state index is 0.110. The van der Waals surface area contributed by atoms with Gasteiger partial charge in [-0.1, -0.05) is 25.3 Å². The Balaban J connectivity index is 1.79. The average molecular weight is 352 g/mol. The van der Waals surface area contributed by atoms with Gasteiger partial charge in [-0.3, -0.25) is 0 Å². The summed E-state index contributed by atoms with van der Waals surface area (Å²) in [6.45, 7) is 4.47. The molecule has 2 fully saturated rings. The fraction of sp³-hybridized carbons (Fsp3) is 0.647. The third kappa shape index (κ3) is 3.27. The first-order valence-corrected chi connectivity index (χ1v) is 8.90. The van der Waals surface area contributed by atoms with Gasteiger partial charge < -0.3 is 15.5 Å². The van der Waals surface area contributed by atoms with E-state index in [1.54, 1.807) is 0 Å². The normalized spacial score (nSPS) is 23.3. The summed E-state index contributed by atoms with van der Waals surface area (Å²) in [7, 11) is 2.19. The monoisotopic (exact) mass is 351 g/mol. The van der Waals surface area contributed by atoms with Gasteiger partial charge in [-0.2, -0.15) is 0 Å². The van der Waals surface area contributed by atoms with Crippen molar-refractivity contribution in [3.8, 4) is 0 Å². The van der Waals surface area contributed by atoms with Crippen molar-refractivity contribution < 1.29 is 0 Å². The Labute approximate surface area is 136 Å². The molecule has 0 spiro atoms. The van der Waals surface area contributed by atoms with Crippen LogP contribution in [0.5, 0.6) is 0 Å². The number of halogens is 1. The summed E-state index contributed by atoms with van der Waals surface area (Å²) >= 11 is 3.78. The van der Waals surface area contributed by atoms with Gasteiger partial charge in [0, 0.05) is 36.2 Å². The highest BCUT2D eigenvalue weighted by molar-refractivity contribution is 9.10. The van der Waals surface area contributed by atoms with Crippen molar-refractivity contribution >= 4 is 21.6 Å². The molecule has 21 heavy (non-hydrogen) atoms. The molecule has 0 aromatic heterocycles. The second kappa shape index (κ2) is 6.27. The predicted molar refractivity (Wildman–Crippen MR) is 92.8 cm³/mol. The van der Waals surface area contributed by atoms with Gasteiger partial charge in [0.25, 0.3) is 0 Å². The van der Waals surface area contributed by atoms with Gasteiger partial charge in [0.2, 0.25) is 0 Å². The molecule has 0 radical (unpaired) electrons. The number of benzene rings is 1. The van der Waals surface area contributed by atoms with E-state index in [4.69, 9.17) is 5.73 Å². The summed E-state index contributed by atoms with van der Waals surface area (Å²) < 4.78 is 1.19. The van der Waals surface area contributed by atoms with Gasteiger partial charge >= 0.3 is 0 Å². The van der Waals surface area contributed by atoms with Crippen LogP contribution in [0.15, 0.2) is 22.7 Å². The van der Waals surface area contributed by atoms with Crippen LogP contribution in [0.3, 0.4) is 0 Å². The summed E-state index contributed by atoms with van der Waals surface area (Å²) in [5.41, 5.74) is 9.15. The Bertz CT molecular complexity index is 489. The molecule has 0 atom stereocenters. The molecule has 1 aromatic carbocycles. The van der Waals surface area contributed by atoms with Crippen molar-refractivity contribution in [1.29, 1.82) is 0 Å². The van der Waals surface area contributed by atoms with E-state index in [1.165, 1.54) is 35.0 Å². The van der Waals surface area contributed by atoms with Crippen LogP contribution in [-0.4, -0.2) is 38.1 Å². The SMILES string of the molecule is CN1CCN(c2ccc(C3(N)CCCCC3)cc2Br)CC1. The largest absolute Gasteiger partial charge is 0.368 e. The van der Waals surface area contributed by atoms with Crippen molar-refractivity contribution in [2.45, 2.75) is 37.6 Å². The molecule has 2 aliphatic rings. The van der Waals surface area contributed by atoms with Gasteiger partial charge in [-0.15, -0.1) is 0 Å². The number of anilines is 1. The Morgan fingerprint density at radius 3 is 2.33 bits per heavy atom. The molecule has 1 saturated carbocycles. The van der Waals surface area contributed by atoms with Crippen LogP contribution < -0.4 is 10.6 Å². The molecule has 0 unspecified atom stereocenters. The Morgan fingerprint density at radius 2 is 1.71 bits per heavy atom. The summed E-state index contributed by atoms with van der Waals surface area (Å²) in [4.78, 5) is 4.85. The summed E-state index contributed by atoms with van der Waals surface area (Å²) in [6.07, 6.45) is 6.09. The highest BCUT2D eigenvalue weighted by atomic mass is 79.9. The maximum absolute atomic E-state index is 6.65. The zero-order valence-electron chi connectivity index (χ0n) is 12.9. The molecular weight excluding hydrogens is 326 g/mol. The molecule has 3 nitrogen and oxygen atoms in total. The summed E-state index contributed by atoms with van der Waals surface area (Å²) in [6, 6.07) is 6.77. The summed E-state index contributed by atoms with van der Waals surface area (Å²) in [5, 5.41) is 0.